The van der Waals surface area contributed by atoms with E-state index in [1.165, 1.54) is 16.7 Å². The zero-order valence-corrected chi connectivity index (χ0v) is 20.7. The van der Waals surface area contributed by atoms with Crippen LogP contribution in [0.2, 0.25) is 0 Å². The van der Waals surface area contributed by atoms with Crippen molar-refractivity contribution in [3.63, 3.8) is 0 Å². The minimum Gasteiger partial charge on any atom is -0.300 e. The van der Waals surface area contributed by atoms with E-state index in [1.54, 1.807) is 0 Å². The van der Waals surface area contributed by atoms with Crippen LogP contribution in [0, 0.1) is 0 Å². The predicted octanol–water partition coefficient (Wildman–Crippen LogP) is 5.69. The molecule has 2 aromatic rings. The second kappa shape index (κ2) is 9.89. The molecule has 0 atom stereocenters. The van der Waals surface area contributed by atoms with Gasteiger partial charge in [0.1, 0.15) is 0 Å². The molecule has 0 radical (unpaired) electrons. The van der Waals surface area contributed by atoms with E-state index in [-0.39, 0.29) is 5.91 Å². The number of nitrogens with zero attached hydrogens (tertiary/aromatic N) is 3. The van der Waals surface area contributed by atoms with Gasteiger partial charge in [-0.2, -0.15) is 0 Å². The van der Waals surface area contributed by atoms with E-state index in [2.05, 4.69) is 72.2 Å². The first-order valence-electron chi connectivity index (χ1n) is 12.9. The van der Waals surface area contributed by atoms with E-state index in [9.17, 15) is 4.79 Å². The Morgan fingerprint density at radius 1 is 0.765 bits per heavy atom. The normalized spacial score (nSPS) is 20.8. The van der Waals surface area contributed by atoms with Crippen LogP contribution in [-0.4, -0.2) is 55.0 Å². The van der Waals surface area contributed by atoms with Gasteiger partial charge >= 0.3 is 0 Å². The van der Waals surface area contributed by atoms with Crippen LogP contribution in [0.15, 0.2) is 77.9 Å². The van der Waals surface area contributed by atoms with Crippen molar-refractivity contribution in [3.05, 3.63) is 83.5 Å². The molecule has 0 N–H and O–H groups in total. The molecule has 2 aromatic carbocycles. The van der Waals surface area contributed by atoms with Crippen molar-refractivity contribution >= 4 is 17.3 Å². The minimum atomic E-state index is -0.535. The molecule has 0 unspecified atom stereocenters. The highest BCUT2D eigenvalue weighted by molar-refractivity contribution is 6.13. The molecule has 0 saturated heterocycles. The number of hydrogen-bond donors (Lipinski definition) is 0. The molecule has 3 aliphatic heterocycles. The fourth-order valence-electron chi connectivity index (χ4n) is 5.93. The number of amides is 1. The van der Waals surface area contributed by atoms with Gasteiger partial charge < -0.3 is 0 Å². The molecule has 0 spiro atoms. The summed E-state index contributed by atoms with van der Waals surface area (Å²) in [6.45, 7) is 10.8. The van der Waals surface area contributed by atoms with Crippen molar-refractivity contribution < 1.29 is 4.79 Å². The molecule has 4 nitrogen and oxygen atoms in total. The number of carbonyl (C=O) groups excluding carboxylic acids is 1. The summed E-state index contributed by atoms with van der Waals surface area (Å²) in [5, 5.41) is 0. The Morgan fingerprint density at radius 2 is 1.32 bits per heavy atom. The number of para-hydroxylation sites is 2. The lowest BCUT2D eigenvalue weighted by Crippen LogP contribution is -2.41. The Morgan fingerprint density at radius 3 is 1.85 bits per heavy atom. The lowest BCUT2D eigenvalue weighted by atomic mass is 9.70. The van der Waals surface area contributed by atoms with E-state index in [4.69, 9.17) is 0 Å². The summed E-state index contributed by atoms with van der Waals surface area (Å²) in [4.78, 5) is 21.5. The maximum atomic E-state index is 14.5. The first-order valence-corrected chi connectivity index (χ1v) is 12.9. The van der Waals surface area contributed by atoms with E-state index < -0.39 is 5.41 Å². The van der Waals surface area contributed by atoms with Crippen molar-refractivity contribution in [2.45, 2.75) is 44.9 Å². The fraction of sp³-hybridized carbons (Fsp3) is 0.433. The van der Waals surface area contributed by atoms with Gasteiger partial charge in [-0.15, -0.1) is 0 Å². The van der Waals surface area contributed by atoms with E-state index in [1.807, 2.05) is 23.1 Å². The SMILES string of the molecule is CCN1CC=C(CC2(CC3=CCN(CC)CC3)C(=O)N(c3ccccc3)c3ccccc32)CC1. The minimum absolute atomic E-state index is 0.234. The largest absolute Gasteiger partial charge is 0.300 e. The highest BCUT2D eigenvalue weighted by atomic mass is 16.2. The highest BCUT2D eigenvalue weighted by Crippen LogP contribution is 2.52. The van der Waals surface area contributed by atoms with Crippen LogP contribution in [0.25, 0.3) is 0 Å². The number of rotatable bonds is 7. The first kappa shape index (κ1) is 23.1. The number of anilines is 2. The van der Waals surface area contributed by atoms with Gasteiger partial charge in [-0.3, -0.25) is 19.5 Å². The van der Waals surface area contributed by atoms with Crippen molar-refractivity contribution in [2.24, 2.45) is 0 Å². The van der Waals surface area contributed by atoms with Crippen molar-refractivity contribution in [1.29, 1.82) is 0 Å². The summed E-state index contributed by atoms with van der Waals surface area (Å²) >= 11 is 0. The van der Waals surface area contributed by atoms with Gasteiger partial charge in [-0.1, -0.05) is 73.5 Å². The second-order valence-electron chi connectivity index (χ2n) is 9.94. The molecule has 1 amide bonds. The standard InChI is InChI=1S/C30H37N3O/c1-3-31-18-14-24(15-19-31)22-30(23-25-16-20-32(4-2)21-17-25)27-12-8-9-13-28(27)33(29(30)34)26-10-6-5-7-11-26/h5-14,16H,3-4,15,17-23H2,1-2H3. The van der Waals surface area contributed by atoms with Gasteiger partial charge in [0, 0.05) is 31.9 Å². The van der Waals surface area contributed by atoms with Gasteiger partial charge in [-0.05, 0) is 62.5 Å². The smallest absolute Gasteiger partial charge is 0.242 e. The fourth-order valence-corrected chi connectivity index (χ4v) is 5.93. The molecule has 0 aliphatic carbocycles. The number of fused-ring (bicyclic) bond motifs is 1. The van der Waals surface area contributed by atoms with E-state index in [0.29, 0.717) is 0 Å². The Bertz CT molecular complexity index is 1050. The van der Waals surface area contributed by atoms with Crippen molar-refractivity contribution in [1.82, 2.24) is 9.80 Å². The monoisotopic (exact) mass is 455 g/mol. The molecule has 3 aliphatic rings. The van der Waals surface area contributed by atoms with Gasteiger partial charge in [-0.25, -0.2) is 0 Å². The molecule has 4 heteroatoms. The molecular weight excluding hydrogens is 418 g/mol. The lowest BCUT2D eigenvalue weighted by molar-refractivity contribution is -0.122. The summed E-state index contributed by atoms with van der Waals surface area (Å²) in [5.74, 6) is 0.234. The number of likely N-dealkylation sites (N-methyl/N-ethyl adjacent to an activating group) is 2. The van der Waals surface area contributed by atoms with Crippen molar-refractivity contribution in [2.75, 3.05) is 44.2 Å². The summed E-state index contributed by atoms with van der Waals surface area (Å²) in [5.41, 5.74) is 5.56. The molecule has 0 fully saturated rings. The summed E-state index contributed by atoms with van der Waals surface area (Å²) in [7, 11) is 0. The molecule has 0 bridgehead atoms. The number of benzene rings is 2. The molecule has 3 heterocycles. The third-order valence-electron chi connectivity index (χ3n) is 8.01. The maximum Gasteiger partial charge on any atom is 0.242 e. The predicted molar refractivity (Wildman–Crippen MR) is 141 cm³/mol. The Kier molecular flexibility index (Phi) is 6.71. The van der Waals surface area contributed by atoms with E-state index >= 15 is 0 Å². The quantitative estimate of drug-likeness (QED) is 0.502. The molecule has 0 saturated carbocycles. The Balaban J connectivity index is 1.57. The first-order chi connectivity index (χ1) is 16.6. The van der Waals surface area contributed by atoms with Crippen LogP contribution in [0.5, 0.6) is 0 Å². The Hall–Kier alpha value is -2.69. The summed E-state index contributed by atoms with van der Waals surface area (Å²) < 4.78 is 0. The lowest BCUT2D eigenvalue weighted by Gasteiger charge is -2.35. The maximum absolute atomic E-state index is 14.5. The van der Waals surface area contributed by atoms with Crippen LogP contribution >= 0.6 is 0 Å². The molecular formula is C30H37N3O. The van der Waals surface area contributed by atoms with Crippen LogP contribution in [-0.2, 0) is 10.2 Å². The third-order valence-corrected chi connectivity index (χ3v) is 8.01. The summed E-state index contributed by atoms with van der Waals surface area (Å²) in [6.07, 6.45) is 8.53. The van der Waals surface area contributed by atoms with Crippen LogP contribution in [0.4, 0.5) is 11.4 Å². The highest BCUT2D eigenvalue weighted by Gasteiger charge is 2.51. The topological polar surface area (TPSA) is 26.8 Å². The molecule has 5 rings (SSSR count). The van der Waals surface area contributed by atoms with Crippen LogP contribution in [0.1, 0.15) is 45.1 Å². The zero-order valence-electron chi connectivity index (χ0n) is 20.7. The number of carbonyl (C=O) groups is 1. The van der Waals surface area contributed by atoms with Crippen LogP contribution < -0.4 is 4.90 Å². The Labute approximate surface area is 204 Å². The van der Waals surface area contributed by atoms with Gasteiger partial charge in [0.05, 0.1) is 11.1 Å². The van der Waals surface area contributed by atoms with Crippen LogP contribution in [0.3, 0.4) is 0 Å². The zero-order chi connectivity index (χ0) is 23.5. The molecule has 178 valence electrons. The van der Waals surface area contributed by atoms with Crippen molar-refractivity contribution in [3.8, 4) is 0 Å². The van der Waals surface area contributed by atoms with Gasteiger partial charge in [0.2, 0.25) is 5.91 Å². The van der Waals surface area contributed by atoms with Gasteiger partial charge in [0.25, 0.3) is 0 Å². The molecule has 0 aromatic heterocycles. The van der Waals surface area contributed by atoms with Gasteiger partial charge in [0.15, 0.2) is 0 Å². The average molecular weight is 456 g/mol. The third kappa shape index (κ3) is 4.25. The summed E-state index contributed by atoms with van der Waals surface area (Å²) in [6, 6.07) is 18.7. The van der Waals surface area contributed by atoms with E-state index in [0.717, 1.165) is 76.3 Å². The second-order valence-corrected chi connectivity index (χ2v) is 9.94. The average Bonchev–Trinajstić information content (AvgIpc) is 3.13. The molecule has 34 heavy (non-hydrogen) atoms. The number of hydrogen-bond acceptors (Lipinski definition) is 3.